The molecular formula is C11H13Cl2FN2O. The maximum atomic E-state index is 12.9. The van der Waals surface area contributed by atoms with Crippen molar-refractivity contribution in [2.24, 2.45) is 11.7 Å². The van der Waals surface area contributed by atoms with Crippen molar-refractivity contribution < 1.29 is 9.18 Å². The van der Waals surface area contributed by atoms with Crippen LogP contribution in [0.15, 0.2) is 12.1 Å². The van der Waals surface area contributed by atoms with Crippen LogP contribution in [0.5, 0.6) is 0 Å². The molecule has 0 spiro atoms. The quantitative estimate of drug-likeness (QED) is 0.893. The molecule has 6 heteroatoms. The predicted molar refractivity (Wildman–Crippen MR) is 67.9 cm³/mol. The summed E-state index contributed by atoms with van der Waals surface area (Å²) in [6, 6.07) is 1.87. The summed E-state index contributed by atoms with van der Waals surface area (Å²) in [7, 11) is 0. The van der Waals surface area contributed by atoms with Crippen molar-refractivity contribution in [2.75, 3.05) is 5.32 Å². The number of amides is 1. The van der Waals surface area contributed by atoms with Gasteiger partial charge in [-0.15, -0.1) is 0 Å². The monoisotopic (exact) mass is 278 g/mol. The Morgan fingerprint density at radius 3 is 2.24 bits per heavy atom. The first-order chi connectivity index (χ1) is 7.82. The van der Waals surface area contributed by atoms with Crippen molar-refractivity contribution in [1.29, 1.82) is 0 Å². The second-order valence-electron chi connectivity index (χ2n) is 3.88. The van der Waals surface area contributed by atoms with E-state index in [1.165, 1.54) is 0 Å². The zero-order valence-corrected chi connectivity index (χ0v) is 10.9. The molecule has 3 N–H and O–H groups in total. The van der Waals surface area contributed by atoms with Gasteiger partial charge in [-0.1, -0.05) is 30.1 Å². The van der Waals surface area contributed by atoms with Crippen molar-refractivity contribution in [2.45, 2.75) is 19.9 Å². The van der Waals surface area contributed by atoms with Crippen LogP contribution in [0.25, 0.3) is 0 Å². The Kier molecular flexibility index (Phi) is 4.74. The van der Waals surface area contributed by atoms with Gasteiger partial charge in [0.2, 0.25) is 5.91 Å². The Morgan fingerprint density at radius 1 is 1.35 bits per heavy atom. The fraction of sp³-hybridized carbons (Fsp3) is 0.364. The largest absolute Gasteiger partial charge is 0.327 e. The third kappa shape index (κ3) is 3.56. The Labute approximate surface area is 109 Å². The van der Waals surface area contributed by atoms with Crippen LogP contribution >= 0.6 is 23.2 Å². The second kappa shape index (κ2) is 5.67. The highest BCUT2D eigenvalue weighted by molar-refractivity contribution is 6.39. The Hall–Kier alpha value is -0.840. The molecule has 0 aliphatic heterocycles. The van der Waals surface area contributed by atoms with Gasteiger partial charge in [-0.3, -0.25) is 4.79 Å². The molecule has 0 saturated heterocycles. The Morgan fingerprint density at radius 2 is 1.82 bits per heavy atom. The van der Waals surface area contributed by atoms with Gasteiger partial charge in [0.15, 0.2) is 0 Å². The lowest BCUT2D eigenvalue weighted by atomic mass is 10.0. The van der Waals surface area contributed by atoms with Crippen LogP contribution in [-0.4, -0.2) is 11.9 Å². The van der Waals surface area contributed by atoms with E-state index >= 15 is 0 Å². The van der Waals surface area contributed by atoms with Crippen LogP contribution < -0.4 is 11.1 Å². The van der Waals surface area contributed by atoms with Gasteiger partial charge in [-0.2, -0.15) is 0 Å². The summed E-state index contributed by atoms with van der Waals surface area (Å²) in [5.74, 6) is -1.26. The Balaban J connectivity index is 2.93. The van der Waals surface area contributed by atoms with E-state index in [1.54, 1.807) is 13.8 Å². The first-order valence-corrected chi connectivity index (χ1v) is 5.79. The number of hydrogen-bond donors (Lipinski definition) is 2. The Bertz CT molecular complexity index is 414. The normalized spacial score (nSPS) is 14.2. The minimum Gasteiger partial charge on any atom is -0.327 e. The van der Waals surface area contributed by atoms with Gasteiger partial charge in [-0.25, -0.2) is 4.39 Å². The van der Waals surface area contributed by atoms with Crippen molar-refractivity contribution in [3.8, 4) is 0 Å². The number of rotatable bonds is 3. The highest BCUT2D eigenvalue weighted by atomic mass is 35.5. The van der Waals surface area contributed by atoms with Crippen LogP contribution in [-0.2, 0) is 4.79 Å². The van der Waals surface area contributed by atoms with Gasteiger partial charge in [0.1, 0.15) is 5.82 Å². The topological polar surface area (TPSA) is 55.1 Å². The van der Waals surface area contributed by atoms with Crippen LogP contribution in [0.1, 0.15) is 13.8 Å². The fourth-order valence-corrected chi connectivity index (χ4v) is 1.69. The molecule has 3 nitrogen and oxygen atoms in total. The van der Waals surface area contributed by atoms with E-state index in [1.807, 2.05) is 0 Å². The predicted octanol–water partition coefficient (Wildman–Crippen LogP) is 3.05. The first kappa shape index (κ1) is 14.2. The smallest absolute Gasteiger partial charge is 0.228 e. The third-order valence-corrected chi connectivity index (χ3v) is 3.05. The lowest BCUT2D eigenvalue weighted by molar-refractivity contribution is -0.119. The van der Waals surface area contributed by atoms with Crippen LogP contribution in [0.4, 0.5) is 10.1 Å². The molecule has 1 rings (SSSR count). The maximum Gasteiger partial charge on any atom is 0.228 e. The van der Waals surface area contributed by atoms with Crippen molar-refractivity contribution in [3.05, 3.63) is 28.0 Å². The number of halogens is 3. The lowest BCUT2D eigenvalue weighted by Gasteiger charge is -2.16. The number of anilines is 1. The average Bonchev–Trinajstić information content (AvgIpc) is 2.21. The second-order valence-corrected chi connectivity index (χ2v) is 4.70. The summed E-state index contributed by atoms with van der Waals surface area (Å²) >= 11 is 11.6. The number of carbonyl (C=O) groups is 1. The van der Waals surface area contributed by atoms with E-state index in [9.17, 15) is 9.18 Å². The molecule has 1 aromatic rings. The van der Waals surface area contributed by atoms with Gasteiger partial charge in [0.05, 0.1) is 21.7 Å². The van der Waals surface area contributed by atoms with Crippen molar-refractivity contribution in [1.82, 2.24) is 0 Å². The fourth-order valence-electron chi connectivity index (χ4n) is 1.14. The molecule has 0 radical (unpaired) electrons. The van der Waals surface area contributed by atoms with E-state index in [4.69, 9.17) is 28.9 Å². The molecule has 0 aliphatic rings. The number of hydrogen-bond acceptors (Lipinski definition) is 2. The SMILES string of the molecule is CC(N)C(C)C(=O)Nc1c(Cl)cc(F)cc1Cl. The molecular weight excluding hydrogens is 266 g/mol. The van der Waals surface area contributed by atoms with Crippen LogP contribution in [0.2, 0.25) is 10.0 Å². The number of nitrogens with two attached hydrogens (primary N) is 1. The maximum absolute atomic E-state index is 12.9. The molecule has 2 unspecified atom stereocenters. The molecule has 0 fully saturated rings. The van der Waals surface area contributed by atoms with Crippen LogP contribution in [0, 0.1) is 11.7 Å². The lowest BCUT2D eigenvalue weighted by Crippen LogP contribution is -2.34. The minimum atomic E-state index is -0.557. The van der Waals surface area contributed by atoms with E-state index in [-0.39, 0.29) is 27.7 Å². The van der Waals surface area contributed by atoms with Crippen molar-refractivity contribution >= 4 is 34.8 Å². The summed E-state index contributed by atoms with van der Waals surface area (Å²) in [5, 5.41) is 2.65. The highest BCUT2D eigenvalue weighted by Gasteiger charge is 2.19. The van der Waals surface area contributed by atoms with E-state index in [0.29, 0.717) is 0 Å². The molecule has 0 heterocycles. The molecule has 0 aliphatic carbocycles. The van der Waals surface area contributed by atoms with Crippen LogP contribution in [0.3, 0.4) is 0 Å². The minimum absolute atomic E-state index is 0.0558. The van der Waals surface area contributed by atoms with Gasteiger partial charge < -0.3 is 11.1 Å². The van der Waals surface area contributed by atoms with Crippen molar-refractivity contribution in [3.63, 3.8) is 0 Å². The van der Waals surface area contributed by atoms with Gasteiger partial charge in [-0.05, 0) is 19.1 Å². The van der Waals surface area contributed by atoms with Gasteiger partial charge in [0, 0.05) is 6.04 Å². The molecule has 0 bridgehead atoms. The number of carbonyl (C=O) groups excluding carboxylic acids is 1. The molecule has 1 aromatic carbocycles. The van der Waals surface area contributed by atoms with E-state index in [0.717, 1.165) is 12.1 Å². The highest BCUT2D eigenvalue weighted by Crippen LogP contribution is 2.31. The van der Waals surface area contributed by atoms with Gasteiger partial charge >= 0.3 is 0 Å². The first-order valence-electron chi connectivity index (χ1n) is 5.04. The number of benzene rings is 1. The molecule has 0 saturated carbocycles. The summed E-state index contributed by atoms with van der Waals surface area (Å²) in [5.41, 5.74) is 5.81. The summed E-state index contributed by atoms with van der Waals surface area (Å²) in [4.78, 5) is 11.7. The number of nitrogens with one attached hydrogen (secondary N) is 1. The average molecular weight is 279 g/mol. The summed E-state index contributed by atoms with van der Waals surface area (Å²) in [6.07, 6.45) is 0. The zero-order valence-electron chi connectivity index (χ0n) is 9.43. The third-order valence-electron chi connectivity index (χ3n) is 2.46. The van der Waals surface area contributed by atoms with E-state index < -0.39 is 11.7 Å². The van der Waals surface area contributed by atoms with E-state index in [2.05, 4.69) is 5.32 Å². The zero-order chi connectivity index (χ0) is 13.2. The molecule has 1 amide bonds. The molecule has 94 valence electrons. The summed E-state index contributed by atoms with van der Waals surface area (Å²) in [6.45, 7) is 3.41. The molecule has 17 heavy (non-hydrogen) atoms. The molecule has 0 aromatic heterocycles. The van der Waals surface area contributed by atoms with Gasteiger partial charge in [0.25, 0.3) is 0 Å². The standard InChI is InChI=1S/C11H13Cl2FN2O/c1-5(6(2)15)11(17)16-10-8(12)3-7(14)4-9(10)13/h3-6H,15H2,1-2H3,(H,16,17). The summed E-state index contributed by atoms with van der Waals surface area (Å²) < 4.78 is 12.9. The molecule has 2 atom stereocenters.